The minimum atomic E-state index is 0.0985. The van der Waals surface area contributed by atoms with Gasteiger partial charge in [0, 0.05) is 5.92 Å². The summed E-state index contributed by atoms with van der Waals surface area (Å²) in [7, 11) is 0. The first kappa shape index (κ1) is 11.5. The molecule has 1 amide bonds. The number of carbonyl (C=O) groups is 1. The molecular weight excluding hydrogens is 222 g/mol. The maximum absolute atomic E-state index is 11.8. The summed E-state index contributed by atoms with van der Waals surface area (Å²) in [6.45, 7) is 6.05. The van der Waals surface area contributed by atoms with Crippen LogP contribution in [0.2, 0.25) is 5.02 Å². The zero-order valence-electron chi connectivity index (χ0n) is 9.80. The van der Waals surface area contributed by atoms with Crippen molar-refractivity contribution in [3.8, 4) is 0 Å². The molecule has 16 heavy (non-hydrogen) atoms. The summed E-state index contributed by atoms with van der Waals surface area (Å²) in [6.07, 6.45) is 0.994. The minimum Gasteiger partial charge on any atom is -0.324 e. The molecular formula is C13H16ClNO. The fraction of sp³-hybridized carbons (Fsp3) is 0.462. The summed E-state index contributed by atoms with van der Waals surface area (Å²) >= 11 is 6.13. The van der Waals surface area contributed by atoms with Crippen LogP contribution >= 0.6 is 11.6 Å². The highest BCUT2D eigenvalue weighted by Crippen LogP contribution is 2.39. The molecule has 0 radical (unpaired) electrons. The Bertz CT molecular complexity index is 419. The van der Waals surface area contributed by atoms with Crippen molar-refractivity contribution in [1.82, 2.24) is 0 Å². The van der Waals surface area contributed by atoms with E-state index in [2.05, 4.69) is 12.2 Å². The van der Waals surface area contributed by atoms with Gasteiger partial charge in [-0.2, -0.15) is 0 Å². The van der Waals surface area contributed by atoms with Crippen LogP contribution in [0.25, 0.3) is 0 Å². The Morgan fingerprint density at radius 1 is 1.44 bits per heavy atom. The Morgan fingerprint density at radius 2 is 2.06 bits per heavy atom. The molecule has 1 aliphatic rings. The van der Waals surface area contributed by atoms with Crippen LogP contribution in [0.4, 0.5) is 5.69 Å². The smallest absolute Gasteiger partial charge is 0.227 e. The predicted octanol–water partition coefficient (Wildman–Crippen LogP) is 3.55. The number of aryl methyl sites for hydroxylation is 2. The largest absolute Gasteiger partial charge is 0.324 e. The van der Waals surface area contributed by atoms with Crippen molar-refractivity contribution in [2.75, 3.05) is 5.32 Å². The van der Waals surface area contributed by atoms with Crippen LogP contribution in [0.5, 0.6) is 0 Å². The molecule has 0 aromatic heterocycles. The standard InChI is InChI=1S/C13H16ClNO/c1-7-4-9(3)12(11(14)5-7)15-13(16)10-6-8(10)2/h4-5,8,10H,6H2,1-3H3,(H,15,16). The van der Waals surface area contributed by atoms with Gasteiger partial charge in [0.05, 0.1) is 10.7 Å². The highest BCUT2D eigenvalue weighted by Gasteiger charge is 2.39. The van der Waals surface area contributed by atoms with Crippen LogP contribution in [-0.4, -0.2) is 5.91 Å². The Labute approximate surface area is 101 Å². The van der Waals surface area contributed by atoms with Crippen molar-refractivity contribution in [3.63, 3.8) is 0 Å². The third kappa shape index (κ3) is 2.22. The van der Waals surface area contributed by atoms with E-state index in [1.807, 2.05) is 26.0 Å². The summed E-state index contributed by atoms with van der Waals surface area (Å²) in [6, 6.07) is 3.90. The quantitative estimate of drug-likeness (QED) is 0.838. The Hall–Kier alpha value is -1.02. The van der Waals surface area contributed by atoms with Gasteiger partial charge >= 0.3 is 0 Å². The number of benzene rings is 1. The molecule has 2 atom stereocenters. The zero-order chi connectivity index (χ0) is 11.9. The maximum Gasteiger partial charge on any atom is 0.227 e. The molecule has 2 rings (SSSR count). The van der Waals surface area contributed by atoms with Crippen molar-refractivity contribution < 1.29 is 4.79 Å². The van der Waals surface area contributed by atoms with Gasteiger partial charge in [0.1, 0.15) is 0 Å². The van der Waals surface area contributed by atoms with E-state index < -0.39 is 0 Å². The van der Waals surface area contributed by atoms with E-state index in [4.69, 9.17) is 11.6 Å². The number of amides is 1. The minimum absolute atomic E-state index is 0.0985. The zero-order valence-corrected chi connectivity index (χ0v) is 10.6. The van der Waals surface area contributed by atoms with Crippen molar-refractivity contribution in [2.45, 2.75) is 27.2 Å². The molecule has 0 bridgehead atoms. The fourth-order valence-corrected chi connectivity index (χ4v) is 2.35. The number of rotatable bonds is 2. The van der Waals surface area contributed by atoms with Crippen molar-refractivity contribution >= 4 is 23.2 Å². The summed E-state index contributed by atoms with van der Waals surface area (Å²) in [5, 5.41) is 3.55. The summed E-state index contributed by atoms with van der Waals surface area (Å²) in [5.41, 5.74) is 2.89. The average molecular weight is 238 g/mol. The highest BCUT2D eigenvalue weighted by atomic mass is 35.5. The van der Waals surface area contributed by atoms with E-state index in [-0.39, 0.29) is 11.8 Å². The number of carbonyl (C=O) groups excluding carboxylic acids is 1. The summed E-state index contributed by atoms with van der Waals surface area (Å²) < 4.78 is 0. The molecule has 1 aromatic rings. The first-order valence-electron chi connectivity index (χ1n) is 5.56. The van der Waals surface area contributed by atoms with E-state index in [9.17, 15) is 4.79 Å². The third-order valence-corrected chi connectivity index (χ3v) is 3.42. The van der Waals surface area contributed by atoms with E-state index in [0.29, 0.717) is 10.9 Å². The Morgan fingerprint density at radius 3 is 2.56 bits per heavy atom. The van der Waals surface area contributed by atoms with Crippen LogP contribution in [0.3, 0.4) is 0 Å². The van der Waals surface area contributed by atoms with Gasteiger partial charge in [-0.25, -0.2) is 0 Å². The van der Waals surface area contributed by atoms with E-state index >= 15 is 0 Å². The van der Waals surface area contributed by atoms with E-state index in [0.717, 1.165) is 23.2 Å². The SMILES string of the molecule is Cc1cc(C)c(NC(=O)C2CC2C)c(Cl)c1. The van der Waals surface area contributed by atoms with Gasteiger partial charge < -0.3 is 5.32 Å². The predicted molar refractivity (Wildman–Crippen MR) is 66.8 cm³/mol. The van der Waals surface area contributed by atoms with Crippen LogP contribution in [-0.2, 0) is 4.79 Å². The van der Waals surface area contributed by atoms with Gasteiger partial charge in [0.25, 0.3) is 0 Å². The van der Waals surface area contributed by atoms with Crippen LogP contribution in [0, 0.1) is 25.7 Å². The average Bonchev–Trinajstić information content (AvgIpc) is 2.88. The molecule has 3 heteroatoms. The van der Waals surface area contributed by atoms with Gasteiger partial charge in [-0.15, -0.1) is 0 Å². The molecule has 0 spiro atoms. The van der Waals surface area contributed by atoms with E-state index in [1.165, 1.54) is 0 Å². The lowest BCUT2D eigenvalue weighted by atomic mass is 10.1. The maximum atomic E-state index is 11.8. The first-order chi connectivity index (χ1) is 7.49. The molecule has 1 fully saturated rings. The molecule has 2 unspecified atom stereocenters. The molecule has 0 aliphatic heterocycles. The fourth-order valence-electron chi connectivity index (χ4n) is 1.98. The lowest BCUT2D eigenvalue weighted by Gasteiger charge is -2.11. The number of nitrogens with one attached hydrogen (secondary N) is 1. The van der Waals surface area contributed by atoms with Crippen molar-refractivity contribution in [2.24, 2.45) is 11.8 Å². The van der Waals surface area contributed by atoms with Crippen molar-refractivity contribution in [3.05, 3.63) is 28.3 Å². The Balaban J connectivity index is 2.18. The van der Waals surface area contributed by atoms with Crippen LogP contribution < -0.4 is 5.32 Å². The second-order valence-corrected chi connectivity index (χ2v) is 5.15. The number of hydrogen-bond donors (Lipinski definition) is 1. The molecule has 0 heterocycles. The molecule has 1 aromatic carbocycles. The lowest BCUT2D eigenvalue weighted by molar-refractivity contribution is -0.117. The van der Waals surface area contributed by atoms with Gasteiger partial charge in [0.15, 0.2) is 0 Å². The topological polar surface area (TPSA) is 29.1 Å². The summed E-state index contributed by atoms with van der Waals surface area (Å²) in [5.74, 6) is 0.794. The molecule has 1 aliphatic carbocycles. The third-order valence-electron chi connectivity index (χ3n) is 3.13. The van der Waals surface area contributed by atoms with Crippen LogP contribution in [0.15, 0.2) is 12.1 Å². The van der Waals surface area contributed by atoms with Crippen LogP contribution in [0.1, 0.15) is 24.5 Å². The molecule has 86 valence electrons. The van der Waals surface area contributed by atoms with E-state index in [1.54, 1.807) is 0 Å². The molecule has 0 saturated heterocycles. The molecule has 1 N–H and O–H groups in total. The second-order valence-electron chi connectivity index (χ2n) is 4.75. The molecule has 2 nitrogen and oxygen atoms in total. The lowest BCUT2D eigenvalue weighted by Crippen LogP contribution is -2.15. The number of halogens is 1. The number of hydrogen-bond acceptors (Lipinski definition) is 1. The molecule has 1 saturated carbocycles. The van der Waals surface area contributed by atoms with Gasteiger partial charge in [-0.3, -0.25) is 4.79 Å². The monoisotopic (exact) mass is 237 g/mol. The van der Waals surface area contributed by atoms with Gasteiger partial charge in [-0.05, 0) is 43.4 Å². The number of anilines is 1. The van der Waals surface area contributed by atoms with Crippen molar-refractivity contribution in [1.29, 1.82) is 0 Å². The Kier molecular flexibility index (Phi) is 2.94. The first-order valence-corrected chi connectivity index (χ1v) is 5.94. The van der Waals surface area contributed by atoms with Gasteiger partial charge in [0.2, 0.25) is 5.91 Å². The highest BCUT2D eigenvalue weighted by molar-refractivity contribution is 6.34. The normalized spacial score (nSPS) is 23.0. The van der Waals surface area contributed by atoms with Gasteiger partial charge in [-0.1, -0.05) is 24.6 Å². The summed E-state index contributed by atoms with van der Waals surface area (Å²) in [4.78, 5) is 11.8. The second kappa shape index (κ2) is 4.10.